The van der Waals surface area contributed by atoms with Crippen molar-refractivity contribution in [2.45, 2.75) is 161 Å². The Labute approximate surface area is 288 Å². The fourth-order valence-corrected chi connectivity index (χ4v) is 7.23. The number of aliphatic hydroxyl groups is 1. The zero-order valence-corrected chi connectivity index (χ0v) is 32.4. The first-order valence-electron chi connectivity index (χ1n) is 17.2. The van der Waals surface area contributed by atoms with Crippen LogP contribution in [0.5, 0.6) is 0 Å². The van der Waals surface area contributed by atoms with E-state index in [0.717, 1.165) is 6.42 Å². The van der Waals surface area contributed by atoms with Crippen LogP contribution in [0, 0.1) is 11.8 Å². The van der Waals surface area contributed by atoms with E-state index in [1.807, 2.05) is 20.8 Å². The highest BCUT2D eigenvalue weighted by atomic mass is 28.4. The first-order valence-corrected chi connectivity index (χ1v) is 20.1. The van der Waals surface area contributed by atoms with Crippen LogP contribution in [-0.2, 0) is 37.8 Å². The number of Topliss-reactive ketones (excluding diaryl/α,β-unsaturated/α-hetero) is 1. The first-order chi connectivity index (χ1) is 22.0. The molecule has 9 nitrogen and oxygen atoms in total. The molecule has 2 unspecified atom stereocenters. The van der Waals surface area contributed by atoms with Gasteiger partial charge in [0, 0.05) is 25.9 Å². The summed E-state index contributed by atoms with van der Waals surface area (Å²) in [5.74, 6) is -2.13. The Morgan fingerprint density at radius 1 is 1.19 bits per heavy atom. The number of ketones is 1. The van der Waals surface area contributed by atoms with E-state index in [0.29, 0.717) is 12.0 Å². The quantitative estimate of drug-likeness (QED) is 0.0758. The second kappa shape index (κ2) is 16.7. The molecule has 0 amide bonds. The van der Waals surface area contributed by atoms with Gasteiger partial charge in [0.1, 0.15) is 23.9 Å². The summed E-state index contributed by atoms with van der Waals surface area (Å²) >= 11 is 0. The Morgan fingerprint density at radius 2 is 1.81 bits per heavy atom. The molecule has 2 aliphatic heterocycles. The van der Waals surface area contributed by atoms with Crippen LogP contribution in [0.25, 0.3) is 0 Å². The molecule has 2 rings (SSSR count). The van der Waals surface area contributed by atoms with Crippen molar-refractivity contribution in [1.82, 2.24) is 0 Å². The summed E-state index contributed by atoms with van der Waals surface area (Å²) < 4.78 is 44.9. The average Bonchev–Trinajstić information content (AvgIpc) is 3.76. The van der Waals surface area contributed by atoms with Crippen LogP contribution >= 0.6 is 0 Å². The number of carbonyl (C=O) groups is 3. The third-order valence-electron chi connectivity index (χ3n) is 10.2. The molecule has 1 fully saturated rings. The van der Waals surface area contributed by atoms with Crippen molar-refractivity contribution in [3.8, 4) is 0 Å². The minimum atomic E-state index is -2.31. The zero-order chi connectivity index (χ0) is 36.8. The molecule has 0 saturated carbocycles. The van der Waals surface area contributed by atoms with Crippen molar-refractivity contribution < 1.29 is 47.3 Å². The number of methoxy groups -OCH3 is 1. The Morgan fingerprint density at radius 3 is 2.35 bits per heavy atom. The van der Waals surface area contributed by atoms with Crippen LogP contribution < -0.4 is 0 Å². The molecule has 274 valence electrons. The number of epoxide rings is 1. The molecule has 1 saturated heterocycles. The van der Waals surface area contributed by atoms with Gasteiger partial charge in [-0.05, 0) is 75.9 Å². The normalized spacial score (nSPS) is 32.0. The first kappa shape index (κ1) is 42.0. The molecule has 0 aliphatic carbocycles. The van der Waals surface area contributed by atoms with Crippen LogP contribution in [0.15, 0.2) is 36.0 Å². The van der Waals surface area contributed by atoms with Gasteiger partial charge >= 0.3 is 11.9 Å². The summed E-state index contributed by atoms with van der Waals surface area (Å²) in [6.07, 6.45) is 5.34. The van der Waals surface area contributed by atoms with Crippen LogP contribution in [0.3, 0.4) is 0 Å². The monoisotopic (exact) mass is 696 g/mol. The van der Waals surface area contributed by atoms with Crippen molar-refractivity contribution >= 4 is 26.0 Å². The lowest BCUT2D eigenvalue weighted by atomic mass is 9.88. The van der Waals surface area contributed by atoms with Crippen molar-refractivity contribution in [2.75, 3.05) is 7.11 Å². The van der Waals surface area contributed by atoms with Gasteiger partial charge in [0.05, 0.1) is 24.7 Å². The predicted molar refractivity (Wildman–Crippen MR) is 187 cm³/mol. The third-order valence-corrected chi connectivity index (χ3v) is 14.7. The van der Waals surface area contributed by atoms with Gasteiger partial charge in [-0.1, -0.05) is 59.8 Å². The van der Waals surface area contributed by atoms with Gasteiger partial charge in [-0.2, -0.15) is 0 Å². The van der Waals surface area contributed by atoms with E-state index in [2.05, 4.69) is 33.9 Å². The van der Waals surface area contributed by atoms with Crippen molar-refractivity contribution in [3.63, 3.8) is 0 Å². The third kappa shape index (κ3) is 11.4. The number of cyclic esters (lactones) is 1. The van der Waals surface area contributed by atoms with Crippen molar-refractivity contribution in [1.29, 1.82) is 0 Å². The highest BCUT2D eigenvalue weighted by molar-refractivity contribution is 6.74. The maximum absolute atomic E-state index is 15.6. The highest BCUT2D eigenvalue weighted by Gasteiger charge is 2.54. The van der Waals surface area contributed by atoms with Crippen LogP contribution in [0.2, 0.25) is 18.1 Å². The molecule has 1 N–H and O–H groups in total. The van der Waals surface area contributed by atoms with E-state index < -0.39 is 73.7 Å². The summed E-state index contributed by atoms with van der Waals surface area (Å²) in [5.41, 5.74) is -3.10. The van der Waals surface area contributed by atoms with Gasteiger partial charge in [-0.3, -0.25) is 14.4 Å². The number of ether oxygens (including phenoxy) is 4. The van der Waals surface area contributed by atoms with E-state index in [-0.39, 0.29) is 29.9 Å². The fraction of sp³-hybridized carbons (Fsp3) is 0.757. The Bertz CT molecular complexity index is 1210. The standard InChI is InChI=1S/C37H61FO9Si/c1-14-28(43-11)25(4)32-33(46-32)34(41)36(9,38)20-15-16-23(2)31-24(3)17-18-29(44-26(5)39)37(10,42)21-19-27(22-30(40)45-31)47-48(12,13)35(6,7)8/h15-18,20,24-25,27-29,31-33,42H,14,19,21-22H2,1-13H3/t24-,25+,27+,28-,29-,31?,32+,33-,36?,37+/m0/s1. The molecule has 0 aromatic heterocycles. The minimum Gasteiger partial charge on any atom is -0.457 e. The summed E-state index contributed by atoms with van der Waals surface area (Å²) in [6, 6.07) is 0. The summed E-state index contributed by atoms with van der Waals surface area (Å²) in [6.45, 7) is 22.2. The molecule has 11 heteroatoms. The maximum Gasteiger partial charge on any atom is 0.308 e. The van der Waals surface area contributed by atoms with Crippen LogP contribution in [0.4, 0.5) is 4.39 Å². The highest BCUT2D eigenvalue weighted by Crippen LogP contribution is 2.39. The smallest absolute Gasteiger partial charge is 0.308 e. The summed E-state index contributed by atoms with van der Waals surface area (Å²) in [4.78, 5) is 38.5. The predicted octanol–water partition coefficient (Wildman–Crippen LogP) is 6.98. The van der Waals surface area contributed by atoms with Gasteiger partial charge in [0.15, 0.2) is 14.0 Å². The van der Waals surface area contributed by atoms with Gasteiger partial charge in [-0.25, -0.2) is 4.39 Å². The Hall–Kier alpha value is -2.18. The number of hydrogen-bond donors (Lipinski definition) is 1. The summed E-state index contributed by atoms with van der Waals surface area (Å²) in [5, 5.41) is 11.3. The van der Waals surface area contributed by atoms with E-state index in [9.17, 15) is 19.5 Å². The lowest BCUT2D eigenvalue weighted by Crippen LogP contribution is -2.46. The number of hydrogen-bond acceptors (Lipinski definition) is 9. The molecule has 48 heavy (non-hydrogen) atoms. The molecule has 2 heterocycles. The molecular formula is C37H61FO9Si. The van der Waals surface area contributed by atoms with Gasteiger partial charge in [-0.15, -0.1) is 0 Å². The molecule has 10 atom stereocenters. The maximum atomic E-state index is 15.6. The largest absolute Gasteiger partial charge is 0.457 e. The molecule has 0 spiro atoms. The molecule has 2 aliphatic rings. The van der Waals surface area contributed by atoms with Crippen molar-refractivity contribution in [2.24, 2.45) is 11.8 Å². The van der Waals surface area contributed by atoms with Gasteiger partial charge < -0.3 is 28.5 Å². The minimum absolute atomic E-state index is 0.0309. The lowest BCUT2D eigenvalue weighted by molar-refractivity contribution is -0.157. The Balaban J connectivity index is 2.37. The molecule has 0 bridgehead atoms. The second-order valence-corrected chi connectivity index (χ2v) is 20.3. The SMILES string of the molecule is CC[C@H](OC)[C@@H](C)[C@H]1O[C@@H]1C(=O)C(C)(F)C=CC=C(C)C1OC(=O)C[C@H](O[Si](C)(C)C(C)(C)C)CC[C@@](C)(O)[C@@H](OC(C)=O)C=C[C@@H]1C. The van der Waals surface area contributed by atoms with Gasteiger partial charge in [0.25, 0.3) is 0 Å². The molecule has 0 aromatic rings. The number of allylic oxidation sites excluding steroid dienone is 3. The van der Waals surface area contributed by atoms with E-state index in [4.69, 9.17) is 23.4 Å². The molecular weight excluding hydrogens is 635 g/mol. The van der Waals surface area contributed by atoms with E-state index in [1.165, 1.54) is 26.0 Å². The second-order valence-electron chi connectivity index (χ2n) is 15.6. The van der Waals surface area contributed by atoms with E-state index in [1.54, 1.807) is 39.2 Å². The lowest BCUT2D eigenvalue weighted by Gasteiger charge is -2.40. The molecule has 0 radical (unpaired) electrons. The van der Waals surface area contributed by atoms with E-state index >= 15 is 4.39 Å². The number of carbonyl (C=O) groups excluding carboxylic acids is 3. The zero-order valence-electron chi connectivity index (χ0n) is 31.4. The topological polar surface area (TPSA) is 121 Å². The average molecular weight is 697 g/mol. The van der Waals surface area contributed by atoms with Gasteiger partial charge in [0.2, 0.25) is 5.78 Å². The molecule has 0 aromatic carbocycles. The number of rotatable bonds is 12. The Kier molecular flexibility index (Phi) is 14.6. The van der Waals surface area contributed by atoms with Crippen molar-refractivity contribution in [3.05, 3.63) is 36.0 Å². The van der Waals surface area contributed by atoms with Crippen LogP contribution in [-0.4, -0.2) is 86.1 Å². The fourth-order valence-electron chi connectivity index (χ4n) is 5.85. The summed E-state index contributed by atoms with van der Waals surface area (Å²) in [7, 11) is -0.700. The number of esters is 2. The number of halogens is 1. The number of alkyl halides is 1. The van der Waals surface area contributed by atoms with Crippen LogP contribution in [0.1, 0.15) is 94.9 Å².